The van der Waals surface area contributed by atoms with Crippen LogP contribution in [0.4, 0.5) is 5.69 Å². The normalized spacial score (nSPS) is 15.3. The van der Waals surface area contributed by atoms with E-state index in [1.54, 1.807) is 18.0 Å². The van der Waals surface area contributed by atoms with Crippen LogP contribution in [0.5, 0.6) is 5.88 Å². The molecule has 2 aromatic heterocycles. The van der Waals surface area contributed by atoms with Gasteiger partial charge in [-0.1, -0.05) is 56.1 Å². The molecule has 3 aromatic rings. The first kappa shape index (κ1) is 19.5. The van der Waals surface area contributed by atoms with E-state index in [0.717, 1.165) is 29.2 Å². The number of nitrogens with zero attached hydrogens (tertiary/aromatic N) is 3. The summed E-state index contributed by atoms with van der Waals surface area (Å²) in [4.78, 5) is 4.65. The molecule has 7 heteroatoms. The van der Waals surface area contributed by atoms with Gasteiger partial charge in [-0.3, -0.25) is 0 Å². The monoisotopic (exact) mass is 408 g/mol. The molecule has 0 saturated heterocycles. The Labute approximate surface area is 174 Å². The Kier molecular flexibility index (Phi) is 6.46. The van der Waals surface area contributed by atoms with Gasteiger partial charge in [-0.2, -0.15) is 4.98 Å². The fourth-order valence-corrected chi connectivity index (χ4v) is 3.85. The fourth-order valence-electron chi connectivity index (χ4n) is 3.08. The topological polar surface area (TPSA) is 73.1 Å². The second-order valence-corrected chi connectivity index (χ2v) is 7.82. The zero-order valence-corrected chi connectivity index (χ0v) is 17.2. The second-order valence-electron chi connectivity index (χ2n) is 6.76. The van der Waals surface area contributed by atoms with E-state index in [0.29, 0.717) is 16.7 Å². The number of aromatic nitrogens is 3. The highest BCUT2D eigenvalue weighted by molar-refractivity contribution is 7.99. The summed E-state index contributed by atoms with van der Waals surface area (Å²) in [5, 5.41) is 12.8. The van der Waals surface area contributed by atoms with E-state index in [4.69, 9.17) is 9.15 Å². The van der Waals surface area contributed by atoms with E-state index in [9.17, 15) is 0 Å². The highest BCUT2D eigenvalue weighted by Crippen LogP contribution is 2.36. The van der Waals surface area contributed by atoms with Crippen molar-refractivity contribution in [2.75, 3.05) is 11.1 Å². The molecule has 3 heterocycles. The SMILES string of the molecule is CCCCCCSc1nnc2c(n1)O[C@@H](/C=C/c1ccco1)Nc1ccccc1-2. The molecular formula is C22H24N4O2S. The summed E-state index contributed by atoms with van der Waals surface area (Å²) in [7, 11) is 0. The number of nitrogens with one attached hydrogen (secondary N) is 1. The maximum atomic E-state index is 6.16. The summed E-state index contributed by atoms with van der Waals surface area (Å²) in [6.45, 7) is 2.21. The molecule has 6 nitrogen and oxygen atoms in total. The predicted octanol–water partition coefficient (Wildman–Crippen LogP) is 5.65. The fraction of sp³-hybridized carbons (Fsp3) is 0.318. The average molecular weight is 409 g/mol. The quantitative estimate of drug-likeness (QED) is 0.381. The molecule has 0 amide bonds. The molecule has 1 atom stereocenters. The summed E-state index contributed by atoms with van der Waals surface area (Å²) in [5.74, 6) is 2.23. The van der Waals surface area contributed by atoms with Gasteiger partial charge < -0.3 is 14.5 Å². The zero-order valence-electron chi connectivity index (χ0n) is 16.4. The molecule has 1 aliphatic rings. The Morgan fingerprint density at radius 1 is 1.10 bits per heavy atom. The number of unbranched alkanes of at least 4 members (excludes halogenated alkanes) is 3. The minimum absolute atomic E-state index is 0.401. The number of benzene rings is 1. The molecule has 0 bridgehead atoms. The second kappa shape index (κ2) is 9.60. The molecule has 1 N–H and O–H groups in total. The van der Waals surface area contributed by atoms with Crippen LogP contribution in [-0.2, 0) is 0 Å². The van der Waals surface area contributed by atoms with Crippen LogP contribution in [0.15, 0.2) is 58.3 Å². The van der Waals surface area contributed by atoms with Crippen molar-refractivity contribution in [2.24, 2.45) is 0 Å². The highest BCUT2D eigenvalue weighted by Gasteiger charge is 2.23. The average Bonchev–Trinajstić information content (AvgIpc) is 3.21. The lowest BCUT2D eigenvalue weighted by Gasteiger charge is -2.15. The van der Waals surface area contributed by atoms with Crippen molar-refractivity contribution in [1.29, 1.82) is 0 Å². The molecule has 4 rings (SSSR count). The highest BCUT2D eigenvalue weighted by atomic mass is 32.2. The van der Waals surface area contributed by atoms with Crippen molar-refractivity contribution in [3.05, 3.63) is 54.5 Å². The molecule has 0 aliphatic carbocycles. The number of furan rings is 1. The van der Waals surface area contributed by atoms with Crippen molar-refractivity contribution in [3.8, 4) is 17.1 Å². The number of ether oxygens (including phenoxy) is 1. The van der Waals surface area contributed by atoms with Crippen LogP contribution in [0.1, 0.15) is 38.4 Å². The van der Waals surface area contributed by atoms with E-state index >= 15 is 0 Å². The number of para-hydroxylation sites is 1. The molecule has 0 fully saturated rings. The molecule has 1 aliphatic heterocycles. The third kappa shape index (κ3) is 4.98. The van der Waals surface area contributed by atoms with E-state index in [-0.39, 0.29) is 0 Å². The third-order valence-corrected chi connectivity index (χ3v) is 5.49. The van der Waals surface area contributed by atoms with Gasteiger partial charge in [0.15, 0.2) is 11.9 Å². The van der Waals surface area contributed by atoms with Crippen LogP contribution in [-0.4, -0.2) is 27.2 Å². The number of hydrogen-bond donors (Lipinski definition) is 1. The van der Waals surface area contributed by atoms with Gasteiger partial charge >= 0.3 is 0 Å². The van der Waals surface area contributed by atoms with Crippen LogP contribution >= 0.6 is 11.8 Å². The van der Waals surface area contributed by atoms with Gasteiger partial charge in [0, 0.05) is 17.0 Å². The Morgan fingerprint density at radius 2 is 2.03 bits per heavy atom. The lowest BCUT2D eigenvalue weighted by molar-refractivity contribution is 0.266. The predicted molar refractivity (Wildman–Crippen MR) is 116 cm³/mol. The van der Waals surface area contributed by atoms with Crippen LogP contribution in [0, 0.1) is 0 Å². The Hall–Kier alpha value is -2.80. The summed E-state index contributed by atoms with van der Waals surface area (Å²) in [5.41, 5.74) is 2.50. The maximum absolute atomic E-state index is 6.16. The number of hydrogen-bond acceptors (Lipinski definition) is 7. The molecular weight excluding hydrogens is 384 g/mol. The first-order valence-electron chi connectivity index (χ1n) is 9.95. The maximum Gasteiger partial charge on any atom is 0.247 e. The minimum Gasteiger partial charge on any atom is -0.465 e. The lowest BCUT2D eigenvalue weighted by Crippen LogP contribution is -2.23. The van der Waals surface area contributed by atoms with Gasteiger partial charge in [-0.15, -0.1) is 10.2 Å². The molecule has 1 aromatic carbocycles. The van der Waals surface area contributed by atoms with Gasteiger partial charge in [0.2, 0.25) is 11.0 Å². The van der Waals surface area contributed by atoms with Gasteiger partial charge in [-0.25, -0.2) is 0 Å². The van der Waals surface area contributed by atoms with E-state index in [2.05, 4.69) is 27.4 Å². The number of fused-ring (bicyclic) bond motifs is 3. The van der Waals surface area contributed by atoms with Crippen LogP contribution < -0.4 is 10.1 Å². The number of rotatable bonds is 8. The van der Waals surface area contributed by atoms with Crippen LogP contribution in [0.2, 0.25) is 0 Å². The lowest BCUT2D eigenvalue weighted by atomic mass is 10.1. The van der Waals surface area contributed by atoms with Gasteiger partial charge in [-0.05, 0) is 36.8 Å². The third-order valence-electron chi connectivity index (χ3n) is 4.56. The first-order valence-corrected chi connectivity index (χ1v) is 10.9. The Balaban J connectivity index is 1.56. The summed E-state index contributed by atoms with van der Waals surface area (Å²) in [6, 6.07) is 11.7. The van der Waals surface area contributed by atoms with Gasteiger partial charge in [0.05, 0.1) is 6.26 Å². The first-order chi connectivity index (χ1) is 14.3. The molecule has 0 unspecified atom stereocenters. The standard InChI is InChI=1S/C22H24N4O2S/c1-2-3-4-7-15-29-22-24-21-20(25-26-22)17-10-5-6-11-18(17)23-19(28-21)13-12-16-9-8-14-27-16/h5-6,8-14,19,23H,2-4,7,15H2,1H3/b13-12+/t19-/m0/s1. The smallest absolute Gasteiger partial charge is 0.247 e. The Morgan fingerprint density at radius 3 is 2.90 bits per heavy atom. The molecule has 0 spiro atoms. The van der Waals surface area contributed by atoms with Crippen LogP contribution in [0.3, 0.4) is 0 Å². The van der Waals surface area contributed by atoms with Gasteiger partial charge in [0.1, 0.15) is 5.76 Å². The van der Waals surface area contributed by atoms with E-state index < -0.39 is 6.23 Å². The summed E-state index contributed by atoms with van der Waals surface area (Å²) < 4.78 is 11.5. The minimum atomic E-state index is -0.401. The van der Waals surface area contributed by atoms with Crippen molar-refractivity contribution in [1.82, 2.24) is 15.2 Å². The van der Waals surface area contributed by atoms with Crippen LogP contribution in [0.25, 0.3) is 17.3 Å². The van der Waals surface area contributed by atoms with E-state index in [1.807, 2.05) is 48.6 Å². The molecule has 0 saturated carbocycles. The van der Waals surface area contributed by atoms with Gasteiger partial charge in [0.25, 0.3) is 0 Å². The number of anilines is 1. The van der Waals surface area contributed by atoms with Crippen molar-refractivity contribution in [3.63, 3.8) is 0 Å². The summed E-state index contributed by atoms with van der Waals surface area (Å²) in [6.07, 6.45) is 9.91. The van der Waals surface area contributed by atoms with E-state index in [1.165, 1.54) is 19.3 Å². The number of thioether (sulfide) groups is 1. The largest absolute Gasteiger partial charge is 0.465 e. The Bertz CT molecular complexity index is 959. The summed E-state index contributed by atoms with van der Waals surface area (Å²) >= 11 is 1.63. The van der Waals surface area contributed by atoms with Crippen molar-refractivity contribution < 1.29 is 9.15 Å². The molecule has 0 radical (unpaired) electrons. The van der Waals surface area contributed by atoms with Crippen molar-refractivity contribution >= 4 is 23.5 Å². The van der Waals surface area contributed by atoms with Crippen molar-refractivity contribution in [2.45, 2.75) is 44.0 Å². The molecule has 29 heavy (non-hydrogen) atoms. The zero-order chi connectivity index (χ0) is 19.9. The molecule has 150 valence electrons.